The van der Waals surface area contributed by atoms with Gasteiger partial charge in [0, 0.05) is 6.04 Å². The van der Waals surface area contributed by atoms with E-state index in [0.717, 1.165) is 6.54 Å². The molecular formula is C19H34N2O2S. The van der Waals surface area contributed by atoms with Gasteiger partial charge in [-0.25, -0.2) is 4.21 Å². The molecule has 0 heterocycles. The predicted octanol–water partition coefficient (Wildman–Crippen LogP) is 3.62. The van der Waals surface area contributed by atoms with Crippen LogP contribution in [0.2, 0.25) is 0 Å². The molecule has 0 amide bonds. The van der Waals surface area contributed by atoms with E-state index in [1.807, 2.05) is 0 Å². The highest BCUT2D eigenvalue weighted by atomic mass is 32.2. The molecule has 1 rings (SSSR count). The van der Waals surface area contributed by atoms with E-state index in [4.69, 9.17) is 4.55 Å². The van der Waals surface area contributed by atoms with Gasteiger partial charge in [0.15, 0.2) is 11.1 Å². The fourth-order valence-corrected chi connectivity index (χ4v) is 2.59. The summed E-state index contributed by atoms with van der Waals surface area (Å²) in [6, 6.07) is 8.94. The first kappa shape index (κ1) is 23.0. The number of hydrogen-bond acceptors (Lipinski definition) is 3. The first-order valence-corrected chi connectivity index (χ1v) is 9.84. The van der Waals surface area contributed by atoms with Gasteiger partial charge in [0.2, 0.25) is 0 Å². The molecule has 1 aromatic rings. The minimum Gasteiger partial charge on any atom is -0.333 e. The van der Waals surface area contributed by atoms with Crippen molar-refractivity contribution < 1.29 is 8.76 Å². The Morgan fingerprint density at radius 2 is 1.75 bits per heavy atom. The molecule has 2 unspecified atom stereocenters. The lowest BCUT2D eigenvalue weighted by atomic mass is 10.00. The fourth-order valence-electron chi connectivity index (χ4n) is 2.20. The van der Waals surface area contributed by atoms with Crippen LogP contribution >= 0.6 is 0 Å². The Morgan fingerprint density at radius 3 is 2.21 bits per heavy atom. The molecule has 5 heteroatoms. The van der Waals surface area contributed by atoms with E-state index in [1.54, 1.807) is 0 Å². The summed E-state index contributed by atoms with van der Waals surface area (Å²) in [6.45, 7) is 9.50. The molecule has 2 atom stereocenters. The van der Waals surface area contributed by atoms with Gasteiger partial charge in [0.05, 0.1) is 5.75 Å². The Balaban J connectivity index is 0.00000254. The second-order valence-corrected chi connectivity index (χ2v) is 7.33. The zero-order chi connectivity index (χ0) is 18.5. The molecule has 24 heavy (non-hydrogen) atoms. The number of rotatable bonds is 9. The minimum absolute atomic E-state index is 0.275. The molecule has 4 N–H and O–H groups in total. The lowest BCUT2D eigenvalue weighted by Crippen LogP contribution is -2.33. The summed E-state index contributed by atoms with van der Waals surface area (Å²) in [5, 5.41) is 3.44. The molecule has 0 saturated heterocycles. The molecule has 0 aromatic heterocycles. The Hall–Kier alpha value is -1.01. The van der Waals surface area contributed by atoms with Crippen LogP contribution in [0.4, 0.5) is 0 Å². The summed E-state index contributed by atoms with van der Waals surface area (Å²) < 4.78 is 19.4. The van der Waals surface area contributed by atoms with Gasteiger partial charge in [0.25, 0.3) is 0 Å². The van der Waals surface area contributed by atoms with Crippen molar-refractivity contribution in [3.05, 3.63) is 41.5 Å². The van der Waals surface area contributed by atoms with Gasteiger partial charge >= 0.3 is 0 Å². The molecule has 0 radical (unpaired) electrons. The molecule has 0 aliphatic rings. The Kier molecular flexibility index (Phi) is 12.7. The third-order valence-corrected chi connectivity index (χ3v) is 4.33. The molecule has 0 aliphatic carbocycles. The summed E-state index contributed by atoms with van der Waals surface area (Å²) in [5.74, 6) is 1.36. The second kappa shape index (κ2) is 13.3. The average Bonchev–Trinajstić information content (AvgIpc) is 2.55. The lowest BCUT2D eigenvalue weighted by molar-refractivity contribution is 0.464. The van der Waals surface area contributed by atoms with E-state index in [0.29, 0.717) is 24.0 Å². The van der Waals surface area contributed by atoms with E-state index >= 15 is 0 Å². The van der Waals surface area contributed by atoms with Crippen molar-refractivity contribution in [1.82, 2.24) is 5.32 Å². The SMILES string of the molecule is CC(C)c1ccc(/C=C/C(NCCCS(=O)O)C(C)C)cc1.CN. The van der Waals surface area contributed by atoms with Crippen LogP contribution in [-0.4, -0.2) is 34.1 Å². The highest BCUT2D eigenvalue weighted by Crippen LogP contribution is 2.16. The summed E-state index contributed by atoms with van der Waals surface area (Å²) in [5.41, 5.74) is 7.06. The van der Waals surface area contributed by atoms with Gasteiger partial charge < -0.3 is 15.6 Å². The molecule has 1 aromatic carbocycles. The smallest absolute Gasteiger partial charge is 0.152 e. The van der Waals surface area contributed by atoms with Crippen LogP contribution in [0, 0.1) is 5.92 Å². The van der Waals surface area contributed by atoms with Gasteiger partial charge in [-0.05, 0) is 43.0 Å². The van der Waals surface area contributed by atoms with Crippen molar-refractivity contribution >= 4 is 17.2 Å². The summed E-state index contributed by atoms with van der Waals surface area (Å²) in [7, 11) is 1.50. The summed E-state index contributed by atoms with van der Waals surface area (Å²) in [4.78, 5) is 0. The average molecular weight is 355 g/mol. The largest absolute Gasteiger partial charge is 0.333 e. The number of benzene rings is 1. The van der Waals surface area contributed by atoms with Crippen LogP contribution < -0.4 is 11.1 Å². The maximum Gasteiger partial charge on any atom is 0.152 e. The van der Waals surface area contributed by atoms with Gasteiger partial charge in [-0.1, -0.05) is 64.1 Å². The normalized spacial score (nSPS) is 13.9. The van der Waals surface area contributed by atoms with Crippen molar-refractivity contribution in [2.24, 2.45) is 11.7 Å². The van der Waals surface area contributed by atoms with Crippen LogP contribution in [-0.2, 0) is 11.1 Å². The molecule has 4 nitrogen and oxygen atoms in total. The van der Waals surface area contributed by atoms with Gasteiger partial charge in [0.1, 0.15) is 0 Å². The lowest BCUT2D eigenvalue weighted by Gasteiger charge is -2.18. The van der Waals surface area contributed by atoms with Crippen LogP contribution in [0.15, 0.2) is 30.3 Å². The predicted molar refractivity (Wildman–Crippen MR) is 107 cm³/mol. The third-order valence-electron chi connectivity index (χ3n) is 3.69. The first-order chi connectivity index (χ1) is 11.4. The number of nitrogens with one attached hydrogen (secondary N) is 1. The summed E-state index contributed by atoms with van der Waals surface area (Å²) >= 11 is -1.69. The minimum atomic E-state index is -1.69. The Morgan fingerprint density at radius 1 is 1.17 bits per heavy atom. The molecular weight excluding hydrogens is 320 g/mol. The van der Waals surface area contributed by atoms with Crippen molar-refractivity contribution in [2.45, 2.75) is 46.1 Å². The molecule has 0 bridgehead atoms. The van der Waals surface area contributed by atoms with Crippen LogP contribution in [0.1, 0.15) is 51.2 Å². The Labute approximate surface area is 150 Å². The molecule has 0 aliphatic heterocycles. The van der Waals surface area contributed by atoms with E-state index in [1.165, 1.54) is 18.2 Å². The van der Waals surface area contributed by atoms with Crippen LogP contribution in [0.3, 0.4) is 0 Å². The van der Waals surface area contributed by atoms with E-state index in [-0.39, 0.29) is 6.04 Å². The Bertz CT molecular complexity index is 485. The standard InChI is InChI=1S/C18H29NO2S.CH5N/c1-14(2)17-9-6-16(7-10-17)8-11-18(15(3)4)19-12-5-13-22(20)21;1-2/h6-11,14-15,18-19H,5,12-13H2,1-4H3,(H,20,21);2H2,1H3/b11-8+;. The first-order valence-electron chi connectivity index (χ1n) is 8.57. The monoisotopic (exact) mass is 354 g/mol. The number of nitrogens with two attached hydrogens (primary N) is 1. The number of hydrogen-bond donors (Lipinski definition) is 3. The van der Waals surface area contributed by atoms with Crippen molar-refractivity contribution in [2.75, 3.05) is 19.3 Å². The van der Waals surface area contributed by atoms with E-state index in [9.17, 15) is 4.21 Å². The molecule has 0 spiro atoms. The maximum atomic E-state index is 10.6. The molecule has 0 saturated carbocycles. The van der Waals surface area contributed by atoms with E-state index < -0.39 is 11.1 Å². The molecule has 0 fully saturated rings. The van der Waals surface area contributed by atoms with Crippen molar-refractivity contribution in [3.8, 4) is 0 Å². The second-order valence-electron chi connectivity index (χ2n) is 6.28. The fraction of sp³-hybridized carbons (Fsp3) is 0.579. The topological polar surface area (TPSA) is 75.3 Å². The maximum absolute atomic E-state index is 10.6. The highest BCUT2D eigenvalue weighted by molar-refractivity contribution is 7.79. The summed E-state index contributed by atoms with van der Waals surface area (Å²) in [6.07, 6.45) is 5.04. The highest BCUT2D eigenvalue weighted by Gasteiger charge is 2.08. The van der Waals surface area contributed by atoms with Crippen molar-refractivity contribution in [3.63, 3.8) is 0 Å². The van der Waals surface area contributed by atoms with Gasteiger partial charge in [-0.3, -0.25) is 0 Å². The van der Waals surface area contributed by atoms with Crippen LogP contribution in [0.5, 0.6) is 0 Å². The molecule has 138 valence electrons. The zero-order valence-corrected chi connectivity index (χ0v) is 16.5. The van der Waals surface area contributed by atoms with Gasteiger partial charge in [-0.15, -0.1) is 0 Å². The van der Waals surface area contributed by atoms with E-state index in [2.05, 4.69) is 75.2 Å². The quantitative estimate of drug-likeness (QED) is 0.468. The third kappa shape index (κ3) is 9.98. The van der Waals surface area contributed by atoms with Crippen LogP contribution in [0.25, 0.3) is 6.08 Å². The zero-order valence-electron chi connectivity index (χ0n) is 15.7. The van der Waals surface area contributed by atoms with Crippen molar-refractivity contribution in [1.29, 1.82) is 0 Å². The van der Waals surface area contributed by atoms with Gasteiger partial charge in [-0.2, -0.15) is 0 Å².